The van der Waals surface area contributed by atoms with Crippen molar-refractivity contribution in [1.29, 1.82) is 0 Å². The molecule has 1 heterocycles. The first-order valence-electron chi connectivity index (χ1n) is 11.0. The Bertz CT molecular complexity index is 1210. The van der Waals surface area contributed by atoms with Crippen molar-refractivity contribution in [3.05, 3.63) is 84.4 Å². The molecule has 1 unspecified atom stereocenters. The Morgan fingerprint density at radius 2 is 1.32 bits per heavy atom. The van der Waals surface area contributed by atoms with E-state index in [0.717, 1.165) is 43.1 Å². The van der Waals surface area contributed by atoms with E-state index >= 15 is 0 Å². The van der Waals surface area contributed by atoms with Crippen molar-refractivity contribution in [2.75, 3.05) is 36.0 Å². The largest absolute Gasteiger partial charge is 0.508 e. The normalized spacial score (nSPS) is 15.2. The summed E-state index contributed by atoms with van der Waals surface area (Å²) in [5.41, 5.74) is 2.69. The van der Waals surface area contributed by atoms with Gasteiger partial charge in [0.1, 0.15) is 11.8 Å². The Kier molecular flexibility index (Phi) is 7.04. The molecule has 0 aromatic heterocycles. The van der Waals surface area contributed by atoms with E-state index in [1.807, 2.05) is 18.2 Å². The molecule has 34 heavy (non-hydrogen) atoms. The minimum absolute atomic E-state index is 0.0262. The first-order valence-corrected chi connectivity index (χ1v) is 12.5. The van der Waals surface area contributed by atoms with E-state index in [0.29, 0.717) is 0 Å². The Morgan fingerprint density at radius 3 is 1.82 bits per heavy atom. The number of benzene rings is 3. The predicted molar refractivity (Wildman–Crippen MR) is 131 cm³/mol. The second-order valence-electron chi connectivity index (χ2n) is 8.19. The van der Waals surface area contributed by atoms with Crippen LogP contribution in [-0.4, -0.2) is 56.8 Å². The van der Waals surface area contributed by atoms with E-state index < -0.39 is 22.0 Å². The molecule has 0 bridgehead atoms. The van der Waals surface area contributed by atoms with Gasteiger partial charge in [0.25, 0.3) is 0 Å². The van der Waals surface area contributed by atoms with Crippen LogP contribution >= 0.6 is 0 Å². The summed E-state index contributed by atoms with van der Waals surface area (Å²) in [5, 5.41) is 19.0. The van der Waals surface area contributed by atoms with Gasteiger partial charge >= 0.3 is 5.97 Å². The third kappa shape index (κ3) is 5.67. The molecule has 1 saturated heterocycles. The lowest BCUT2D eigenvalue weighted by Crippen LogP contribution is -2.46. The summed E-state index contributed by atoms with van der Waals surface area (Å²) in [6.45, 7) is 3.13. The first-order chi connectivity index (χ1) is 16.3. The van der Waals surface area contributed by atoms with Crippen molar-refractivity contribution in [1.82, 2.24) is 4.72 Å². The lowest BCUT2D eigenvalue weighted by molar-refractivity contribution is -0.138. The molecular weight excluding hydrogens is 454 g/mol. The summed E-state index contributed by atoms with van der Waals surface area (Å²) >= 11 is 0. The zero-order chi connectivity index (χ0) is 24.1. The number of rotatable bonds is 8. The number of nitrogens with one attached hydrogen (secondary N) is 1. The number of sulfonamides is 1. The zero-order valence-corrected chi connectivity index (χ0v) is 19.4. The number of carbonyl (C=O) groups is 1. The fraction of sp³-hybridized carbons (Fsp3) is 0.240. The molecule has 4 rings (SSSR count). The highest BCUT2D eigenvalue weighted by atomic mass is 32.2. The summed E-state index contributed by atoms with van der Waals surface area (Å²) < 4.78 is 28.0. The Hall–Kier alpha value is -3.56. The summed E-state index contributed by atoms with van der Waals surface area (Å²) in [7, 11) is -4.00. The summed E-state index contributed by atoms with van der Waals surface area (Å²) in [5.74, 6) is -0.989. The molecule has 1 aliphatic heterocycles. The van der Waals surface area contributed by atoms with Crippen molar-refractivity contribution in [3.63, 3.8) is 0 Å². The Morgan fingerprint density at radius 1 is 0.824 bits per heavy atom. The van der Waals surface area contributed by atoms with Crippen molar-refractivity contribution in [3.8, 4) is 5.75 Å². The maximum atomic E-state index is 12.8. The first kappa shape index (κ1) is 23.6. The zero-order valence-electron chi connectivity index (χ0n) is 18.5. The maximum absolute atomic E-state index is 12.8. The number of nitrogens with zero attached hydrogens (tertiary/aromatic N) is 2. The molecule has 3 N–H and O–H groups in total. The number of aliphatic carboxylic acids is 1. The van der Waals surface area contributed by atoms with Crippen LogP contribution < -0.4 is 14.5 Å². The highest BCUT2D eigenvalue weighted by Gasteiger charge is 2.26. The van der Waals surface area contributed by atoms with Crippen LogP contribution in [0.3, 0.4) is 0 Å². The molecule has 3 aromatic rings. The van der Waals surface area contributed by atoms with Gasteiger partial charge in [0, 0.05) is 37.6 Å². The second kappa shape index (κ2) is 10.1. The van der Waals surface area contributed by atoms with Crippen LogP contribution in [0.2, 0.25) is 0 Å². The van der Waals surface area contributed by atoms with Crippen molar-refractivity contribution >= 4 is 27.4 Å². The van der Waals surface area contributed by atoms with Crippen LogP contribution in [0, 0.1) is 0 Å². The van der Waals surface area contributed by atoms with E-state index in [4.69, 9.17) is 0 Å². The molecule has 1 atom stereocenters. The van der Waals surface area contributed by atoms with E-state index in [-0.39, 0.29) is 17.1 Å². The van der Waals surface area contributed by atoms with Gasteiger partial charge in [-0.2, -0.15) is 4.72 Å². The van der Waals surface area contributed by atoms with E-state index in [1.165, 1.54) is 12.1 Å². The topological polar surface area (TPSA) is 110 Å². The van der Waals surface area contributed by atoms with Crippen LogP contribution in [0.25, 0.3) is 0 Å². The number of carboxylic acid groups (broad SMARTS) is 1. The monoisotopic (exact) mass is 481 g/mol. The predicted octanol–water partition coefficient (Wildman–Crippen LogP) is 2.69. The molecule has 8 nitrogen and oxygen atoms in total. The smallest absolute Gasteiger partial charge is 0.322 e. The number of carboxylic acids is 1. The van der Waals surface area contributed by atoms with E-state index in [9.17, 15) is 23.4 Å². The quantitative estimate of drug-likeness (QED) is 0.454. The summed E-state index contributed by atoms with van der Waals surface area (Å²) in [6.07, 6.45) is 0.0544. The van der Waals surface area contributed by atoms with Crippen LogP contribution in [-0.2, 0) is 21.2 Å². The molecule has 0 saturated carbocycles. The molecule has 0 amide bonds. The third-order valence-electron chi connectivity index (χ3n) is 5.88. The molecule has 178 valence electrons. The van der Waals surface area contributed by atoms with Gasteiger partial charge in [0.2, 0.25) is 10.0 Å². The van der Waals surface area contributed by atoms with Crippen LogP contribution in [0.15, 0.2) is 83.8 Å². The van der Waals surface area contributed by atoms with Gasteiger partial charge < -0.3 is 20.0 Å². The minimum Gasteiger partial charge on any atom is -0.508 e. The SMILES string of the molecule is O=C(O)C(Cc1ccccc1)NS(=O)(=O)c1ccc(N2CCN(c3ccc(O)cc3)CC2)cc1. The van der Waals surface area contributed by atoms with Gasteiger partial charge in [0.15, 0.2) is 0 Å². The van der Waals surface area contributed by atoms with Crippen LogP contribution in [0.5, 0.6) is 5.75 Å². The summed E-state index contributed by atoms with van der Waals surface area (Å²) in [4.78, 5) is 16.1. The van der Waals surface area contributed by atoms with Gasteiger partial charge in [0.05, 0.1) is 4.90 Å². The molecule has 0 radical (unpaired) electrons. The molecule has 0 spiro atoms. The third-order valence-corrected chi connectivity index (χ3v) is 7.37. The Balaban J connectivity index is 1.39. The average molecular weight is 482 g/mol. The lowest BCUT2D eigenvalue weighted by atomic mass is 10.1. The fourth-order valence-corrected chi connectivity index (χ4v) is 5.20. The molecular formula is C25H27N3O5S. The number of phenols is 1. The second-order valence-corrected chi connectivity index (χ2v) is 9.90. The molecule has 0 aliphatic carbocycles. The average Bonchev–Trinajstić information content (AvgIpc) is 2.85. The van der Waals surface area contributed by atoms with E-state index in [1.54, 1.807) is 48.5 Å². The maximum Gasteiger partial charge on any atom is 0.322 e. The minimum atomic E-state index is -4.00. The van der Waals surface area contributed by atoms with Gasteiger partial charge in [-0.15, -0.1) is 0 Å². The fourth-order valence-electron chi connectivity index (χ4n) is 4.01. The van der Waals surface area contributed by atoms with Crippen molar-refractivity contribution in [2.24, 2.45) is 0 Å². The summed E-state index contributed by atoms with van der Waals surface area (Å²) in [6, 6.07) is 21.3. The van der Waals surface area contributed by atoms with Gasteiger partial charge in [-0.3, -0.25) is 4.79 Å². The van der Waals surface area contributed by atoms with Crippen LogP contribution in [0.4, 0.5) is 11.4 Å². The Labute approximate surface area is 199 Å². The van der Waals surface area contributed by atoms with E-state index in [2.05, 4.69) is 14.5 Å². The number of phenolic OH excluding ortho intramolecular Hbond substituents is 1. The van der Waals surface area contributed by atoms with Crippen LogP contribution in [0.1, 0.15) is 5.56 Å². The van der Waals surface area contributed by atoms with Gasteiger partial charge in [-0.1, -0.05) is 30.3 Å². The highest BCUT2D eigenvalue weighted by Crippen LogP contribution is 2.23. The standard InChI is InChI=1S/C25H27N3O5S/c29-22-10-6-20(7-11-22)27-14-16-28(17-15-27)21-8-12-23(13-9-21)34(32,33)26-24(25(30)31)18-19-4-2-1-3-5-19/h1-13,24,26,29H,14-18H2,(H,30,31). The number of hydrogen-bond acceptors (Lipinski definition) is 6. The molecule has 1 fully saturated rings. The number of aromatic hydroxyl groups is 1. The lowest BCUT2D eigenvalue weighted by Gasteiger charge is -2.37. The van der Waals surface area contributed by atoms with Gasteiger partial charge in [-0.05, 0) is 60.5 Å². The number of piperazine rings is 1. The molecule has 1 aliphatic rings. The highest BCUT2D eigenvalue weighted by molar-refractivity contribution is 7.89. The number of anilines is 2. The van der Waals surface area contributed by atoms with Crippen molar-refractivity contribution < 1.29 is 23.4 Å². The van der Waals surface area contributed by atoms with Crippen molar-refractivity contribution in [2.45, 2.75) is 17.4 Å². The molecule has 9 heteroatoms. The number of hydrogen-bond donors (Lipinski definition) is 3. The molecule has 3 aromatic carbocycles. The van der Waals surface area contributed by atoms with Gasteiger partial charge in [-0.25, -0.2) is 8.42 Å².